The quantitative estimate of drug-likeness (QED) is 0.283. The largest absolute Gasteiger partial charge is 0.295 e. The summed E-state index contributed by atoms with van der Waals surface area (Å²) < 4.78 is 28.1. The lowest BCUT2D eigenvalue weighted by atomic mass is 10.1. The van der Waals surface area contributed by atoms with Crippen molar-refractivity contribution in [2.24, 2.45) is 5.10 Å². The third kappa shape index (κ3) is 5.50. The molecule has 0 radical (unpaired) electrons. The Balaban J connectivity index is 1.83. The minimum atomic E-state index is -4.01. The van der Waals surface area contributed by atoms with Gasteiger partial charge in [-0.05, 0) is 55.2 Å². The Kier molecular flexibility index (Phi) is 6.89. The molecule has 166 valence electrons. The van der Waals surface area contributed by atoms with E-state index in [1.807, 2.05) is 37.3 Å². The third-order valence-corrected chi connectivity index (χ3v) is 6.25. The van der Waals surface area contributed by atoms with E-state index in [4.69, 9.17) is 0 Å². The molecule has 8 nitrogen and oxygen atoms in total. The Morgan fingerprint density at radius 3 is 2.31 bits per heavy atom. The summed E-state index contributed by atoms with van der Waals surface area (Å²) in [7, 11) is -4.01. The van der Waals surface area contributed by atoms with E-state index < -0.39 is 20.6 Å². The van der Waals surface area contributed by atoms with Gasteiger partial charge in [0.2, 0.25) is 0 Å². The van der Waals surface area contributed by atoms with E-state index in [2.05, 4.69) is 22.2 Å². The van der Waals surface area contributed by atoms with Crippen LogP contribution in [0.2, 0.25) is 0 Å². The topological polar surface area (TPSA) is 114 Å². The van der Waals surface area contributed by atoms with Crippen LogP contribution < -0.4 is 10.1 Å². The number of hydrogen-bond acceptors (Lipinski definition) is 6. The first-order valence-electron chi connectivity index (χ1n) is 9.96. The molecular weight excluding hydrogens is 428 g/mol. The first kappa shape index (κ1) is 23.0. The van der Waals surface area contributed by atoms with Crippen molar-refractivity contribution in [3.8, 4) is 0 Å². The fourth-order valence-electron chi connectivity index (χ4n) is 3.07. The summed E-state index contributed by atoms with van der Waals surface area (Å²) in [5, 5.41) is 15.6. The van der Waals surface area contributed by atoms with Gasteiger partial charge in [0.25, 0.3) is 15.7 Å². The molecule has 0 saturated heterocycles. The zero-order chi connectivity index (χ0) is 23.3. The third-order valence-electron chi connectivity index (χ3n) is 4.89. The van der Waals surface area contributed by atoms with Crippen LogP contribution in [0.5, 0.6) is 0 Å². The molecule has 0 aliphatic heterocycles. The molecule has 3 aromatic rings. The lowest BCUT2D eigenvalue weighted by molar-refractivity contribution is -0.384. The number of rotatable bonds is 8. The minimum absolute atomic E-state index is 0.0851. The van der Waals surface area contributed by atoms with Gasteiger partial charge in [-0.2, -0.15) is 5.10 Å². The van der Waals surface area contributed by atoms with Crippen molar-refractivity contribution in [2.75, 3.05) is 10.1 Å². The first-order chi connectivity index (χ1) is 15.2. The SMILES string of the molecule is CCc1ccc(C=NNc2ccc(S(=O)(=O)Nc3ccc(C)cc3C)cc2[N+](=O)[O-])cc1. The van der Waals surface area contributed by atoms with Gasteiger partial charge in [-0.25, -0.2) is 8.42 Å². The minimum Gasteiger partial charge on any atom is -0.279 e. The number of nitrogens with one attached hydrogen (secondary N) is 2. The van der Waals surface area contributed by atoms with E-state index in [9.17, 15) is 18.5 Å². The number of sulfonamides is 1. The number of nitro benzene ring substituents is 1. The van der Waals surface area contributed by atoms with Gasteiger partial charge in [0.05, 0.1) is 21.7 Å². The maximum Gasteiger partial charge on any atom is 0.295 e. The van der Waals surface area contributed by atoms with Crippen molar-refractivity contribution < 1.29 is 13.3 Å². The number of hydrazone groups is 1. The van der Waals surface area contributed by atoms with E-state index in [-0.39, 0.29) is 10.6 Å². The summed E-state index contributed by atoms with van der Waals surface area (Å²) in [6.45, 7) is 5.75. The van der Waals surface area contributed by atoms with Gasteiger partial charge in [-0.1, -0.05) is 48.9 Å². The average Bonchev–Trinajstić information content (AvgIpc) is 2.76. The van der Waals surface area contributed by atoms with Gasteiger partial charge in [-0.3, -0.25) is 20.3 Å². The summed E-state index contributed by atoms with van der Waals surface area (Å²) in [5.41, 5.74) is 6.50. The fraction of sp³-hybridized carbons (Fsp3) is 0.174. The lowest BCUT2D eigenvalue weighted by Gasteiger charge is -2.12. The van der Waals surface area contributed by atoms with Gasteiger partial charge in [0.1, 0.15) is 5.69 Å². The smallest absolute Gasteiger partial charge is 0.279 e. The molecule has 0 unspecified atom stereocenters. The van der Waals surface area contributed by atoms with Crippen molar-refractivity contribution in [2.45, 2.75) is 32.1 Å². The number of anilines is 2. The molecule has 3 aromatic carbocycles. The number of nitro groups is 1. The Morgan fingerprint density at radius 1 is 1.00 bits per heavy atom. The van der Waals surface area contributed by atoms with Crippen molar-refractivity contribution in [1.82, 2.24) is 0 Å². The molecule has 3 rings (SSSR count). The highest BCUT2D eigenvalue weighted by Gasteiger charge is 2.22. The maximum absolute atomic E-state index is 12.8. The molecule has 0 aliphatic carbocycles. The van der Waals surface area contributed by atoms with E-state index in [1.54, 1.807) is 19.1 Å². The molecule has 0 aromatic heterocycles. The number of aryl methyl sites for hydroxylation is 3. The molecule has 32 heavy (non-hydrogen) atoms. The molecule has 0 spiro atoms. The molecule has 9 heteroatoms. The summed E-state index contributed by atoms with van der Waals surface area (Å²) in [6, 6.07) is 16.7. The Hall–Kier alpha value is -3.72. The van der Waals surface area contributed by atoms with Crippen LogP contribution in [0.4, 0.5) is 17.1 Å². The summed E-state index contributed by atoms with van der Waals surface area (Å²) in [4.78, 5) is 10.7. The molecular formula is C23H24N4O4S. The molecule has 0 saturated carbocycles. The molecule has 0 amide bonds. The summed E-state index contributed by atoms with van der Waals surface area (Å²) in [5.74, 6) is 0. The number of hydrogen-bond donors (Lipinski definition) is 2. The van der Waals surface area contributed by atoms with Crippen LogP contribution in [-0.2, 0) is 16.4 Å². The van der Waals surface area contributed by atoms with Gasteiger partial charge in [0, 0.05) is 6.07 Å². The molecule has 0 aliphatic rings. The number of nitrogens with zero attached hydrogens (tertiary/aromatic N) is 2. The highest BCUT2D eigenvalue weighted by atomic mass is 32.2. The van der Waals surface area contributed by atoms with Gasteiger partial charge >= 0.3 is 0 Å². The van der Waals surface area contributed by atoms with E-state index in [1.165, 1.54) is 23.9 Å². The normalized spacial score (nSPS) is 11.5. The Bertz CT molecular complexity index is 1270. The molecule has 0 heterocycles. The fourth-order valence-corrected chi connectivity index (χ4v) is 4.22. The monoisotopic (exact) mass is 452 g/mol. The first-order valence-corrected chi connectivity index (χ1v) is 11.4. The highest BCUT2D eigenvalue weighted by molar-refractivity contribution is 7.92. The van der Waals surface area contributed by atoms with Gasteiger partial charge in [-0.15, -0.1) is 0 Å². The Labute approximate surface area is 187 Å². The van der Waals surface area contributed by atoms with Crippen LogP contribution in [0.1, 0.15) is 29.2 Å². The van der Waals surface area contributed by atoms with Crippen LogP contribution in [-0.4, -0.2) is 19.6 Å². The van der Waals surface area contributed by atoms with Crippen molar-refractivity contribution >= 4 is 33.3 Å². The molecule has 0 fully saturated rings. The highest BCUT2D eigenvalue weighted by Crippen LogP contribution is 2.29. The summed E-state index contributed by atoms with van der Waals surface area (Å²) in [6.07, 6.45) is 2.46. The van der Waals surface area contributed by atoms with Gasteiger partial charge < -0.3 is 0 Å². The average molecular weight is 453 g/mol. The molecule has 0 bridgehead atoms. The van der Waals surface area contributed by atoms with Crippen LogP contribution >= 0.6 is 0 Å². The predicted molar refractivity (Wildman–Crippen MR) is 127 cm³/mol. The van der Waals surface area contributed by atoms with Crippen LogP contribution in [0, 0.1) is 24.0 Å². The van der Waals surface area contributed by atoms with Crippen LogP contribution in [0.25, 0.3) is 0 Å². The second kappa shape index (κ2) is 9.61. The van der Waals surface area contributed by atoms with Crippen molar-refractivity contribution in [3.63, 3.8) is 0 Å². The zero-order valence-corrected chi connectivity index (χ0v) is 18.8. The van der Waals surface area contributed by atoms with Crippen molar-refractivity contribution in [1.29, 1.82) is 0 Å². The zero-order valence-electron chi connectivity index (χ0n) is 18.0. The molecule has 2 N–H and O–H groups in total. The second-order valence-corrected chi connectivity index (χ2v) is 9.01. The maximum atomic E-state index is 12.8. The van der Waals surface area contributed by atoms with Crippen LogP contribution in [0.3, 0.4) is 0 Å². The van der Waals surface area contributed by atoms with Crippen molar-refractivity contribution in [3.05, 3.63) is 93.0 Å². The van der Waals surface area contributed by atoms with Gasteiger partial charge in [0.15, 0.2) is 0 Å². The Morgan fingerprint density at radius 2 is 1.69 bits per heavy atom. The standard InChI is InChI=1S/C23H24N4O4S/c1-4-18-6-8-19(9-7-18)15-24-25-22-12-10-20(14-23(22)27(28)29)32(30,31)26-21-11-5-16(2)13-17(21)3/h5-15,25-26H,4H2,1-3H3. The van der Waals surface area contributed by atoms with E-state index in [0.717, 1.165) is 29.2 Å². The second-order valence-electron chi connectivity index (χ2n) is 7.33. The summed E-state index contributed by atoms with van der Waals surface area (Å²) >= 11 is 0. The number of benzene rings is 3. The van der Waals surface area contributed by atoms with E-state index in [0.29, 0.717) is 5.69 Å². The lowest BCUT2D eigenvalue weighted by Crippen LogP contribution is -2.14. The van der Waals surface area contributed by atoms with E-state index >= 15 is 0 Å². The van der Waals surface area contributed by atoms with Crippen LogP contribution in [0.15, 0.2) is 70.7 Å². The predicted octanol–water partition coefficient (Wildman–Crippen LogP) is 5.02. The molecule has 0 atom stereocenters.